The minimum absolute atomic E-state index is 0.148. The van der Waals surface area contributed by atoms with Crippen molar-refractivity contribution in [2.45, 2.75) is 20.3 Å². The Bertz CT molecular complexity index is 829. The number of carbonyl (C=O) groups excluding carboxylic acids is 1. The predicted octanol–water partition coefficient (Wildman–Crippen LogP) is 2.86. The number of hydrogen-bond donors (Lipinski definition) is 2. The molecule has 2 N–H and O–H groups in total. The fourth-order valence-electron chi connectivity index (χ4n) is 2.22. The summed E-state index contributed by atoms with van der Waals surface area (Å²) in [5.74, 6) is -0.148. The van der Waals surface area contributed by atoms with Gasteiger partial charge in [-0.1, -0.05) is 35.9 Å². The molecular weight excluding hydrogens is 312 g/mol. The van der Waals surface area contributed by atoms with Crippen LogP contribution in [0.2, 0.25) is 0 Å². The SMILES string of the molecule is Cc1cccc(CC(=O)Nc2ccc(C)c(NS(C)(=O)=O)c2)c1. The van der Waals surface area contributed by atoms with Crippen LogP contribution in [0.3, 0.4) is 0 Å². The molecule has 0 radical (unpaired) electrons. The first-order valence-corrected chi connectivity index (χ1v) is 9.06. The maximum Gasteiger partial charge on any atom is 0.229 e. The zero-order valence-corrected chi connectivity index (χ0v) is 14.2. The average Bonchev–Trinajstić information content (AvgIpc) is 2.41. The summed E-state index contributed by atoms with van der Waals surface area (Å²) in [6.45, 7) is 3.77. The molecule has 6 heteroatoms. The van der Waals surface area contributed by atoms with Crippen molar-refractivity contribution in [3.8, 4) is 0 Å². The summed E-state index contributed by atoms with van der Waals surface area (Å²) < 4.78 is 25.2. The molecule has 122 valence electrons. The Morgan fingerprint density at radius 2 is 1.83 bits per heavy atom. The maximum atomic E-state index is 12.1. The maximum absolute atomic E-state index is 12.1. The van der Waals surface area contributed by atoms with Gasteiger partial charge in [-0.2, -0.15) is 0 Å². The van der Waals surface area contributed by atoms with Crippen molar-refractivity contribution in [1.82, 2.24) is 0 Å². The number of anilines is 2. The summed E-state index contributed by atoms with van der Waals surface area (Å²) in [6.07, 6.45) is 1.36. The predicted molar refractivity (Wildman–Crippen MR) is 93.2 cm³/mol. The van der Waals surface area contributed by atoms with E-state index in [1.54, 1.807) is 25.1 Å². The lowest BCUT2D eigenvalue weighted by Crippen LogP contribution is -2.15. The van der Waals surface area contributed by atoms with Crippen LogP contribution in [0.25, 0.3) is 0 Å². The van der Waals surface area contributed by atoms with Crippen LogP contribution in [0.5, 0.6) is 0 Å². The zero-order valence-electron chi connectivity index (χ0n) is 13.4. The van der Waals surface area contributed by atoms with Gasteiger partial charge < -0.3 is 5.32 Å². The van der Waals surface area contributed by atoms with Crippen molar-refractivity contribution in [3.63, 3.8) is 0 Å². The van der Waals surface area contributed by atoms with Gasteiger partial charge in [0.1, 0.15) is 0 Å². The largest absolute Gasteiger partial charge is 0.326 e. The fraction of sp³-hybridized carbons (Fsp3) is 0.235. The number of nitrogens with one attached hydrogen (secondary N) is 2. The standard InChI is InChI=1S/C17H20N2O3S/c1-12-5-4-6-14(9-12)10-17(20)18-15-8-7-13(2)16(11-15)19-23(3,21)22/h4-9,11,19H,10H2,1-3H3,(H,18,20). The summed E-state index contributed by atoms with van der Waals surface area (Å²) in [6, 6.07) is 12.9. The van der Waals surface area contributed by atoms with Crippen LogP contribution >= 0.6 is 0 Å². The van der Waals surface area contributed by atoms with E-state index in [4.69, 9.17) is 0 Å². The Morgan fingerprint density at radius 3 is 2.48 bits per heavy atom. The second kappa shape index (κ2) is 6.83. The molecule has 0 unspecified atom stereocenters. The third kappa shape index (κ3) is 5.41. The molecule has 0 aliphatic heterocycles. The Balaban J connectivity index is 2.10. The smallest absolute Gasteiger partial charge is 0.229 e. The Labute approximate surface area is 136 Å². The van der Waals surface area contributed by atoms with Gasteiger partial charge >= 0.3 is 0 Å². The molecule has 0 heterocycles. The molecule has 0 atom stereocenters. The molecule has 0 fully saturated rings. The van der Waals surface area contributed by atoms with Crippen molar-refractivity contribution in [2.24, 2.45) is 0 Å². The zero-order chi connectivity index (χ0) is 17.0. The van der Waals surface area contributed by atoms with Gasteiger partial charge in [-0.15, -0.1) is 0 Å². The van der Waals surface area contributed by atoms with E-state index in [2.05, 4.69) is 10.0 Å². The minimum Gasteiger partial charge on any atom is -0.326 e. The number of amides is 1. The Kier molecular flexibility index (Phi) is 5.05. The molecule has 2 aromatic rings. The quantitative estimate of drug-likeness (QED) is 0.884. The summed E-state index contributed by atoms with van der Waals surface area (Å²) in [5.41, 5.74) is 3.83. The molecule has 0 spiro atoms. The van der Waals surface area contributed by atoms with Gasteiger partial charge in [0.05, 0.1) is 18.4 Å². The fourth-order valence-corrected chi connectivity index (χ4v) is 2.84. The van der Waals surface area contributed by atoms with Crippen LogP contribution in [-0.4, -0.2) is 20.6 Å². The lowest BCUT2D eigenvalue weighted by atomic mass is 10.1. The summed E-state index contributed by atoms with van der Waals surface area (Å²) >= 11 is 0. The second-order valence-electron chi connectivity index (χ2n) is 5.62. The highest BCUT2D eigenvalue weighted by Gasteiger charge is 2.09. The third-order valence-electron chi connectivity index (χ3n) is 3.26. The van der Waals surface area contributed by atoms with Crippen LogP contribution in [0.1, 0.15) is 16.7 Å². The number of aryl methyl sites for hydroxylation is 2. The molecular formula is C17H20N2O3S. The van der Waals surface area contributed by atoms with Gasteiger partial charge in [0.15, 0.2) is 0 Å². The Morgan fingerprint density at radius 1 is 1.09 bits per heavy atom. The van der Waals surface area contributed by atoms with E-state index in [1.165, 1.54) is 0 Å². The van der Waals surface area contributed by atoms with Crippen molar-refractivity contribution in [2.75, 3.05) is 16.3 Å². The Hall–Kier alpha value is -2.34. The van der Waals surface area contributed by atoms with E-state index >= 15 is 0 Å². The summed E-state index contributed by atoms with van der Waals surface area (Å²) in [7, 11) is -3.36. The average molecular weight is 332 g/mol. The molecule has 0 saturated carbocycles. The highest BCUT2D eigenvalue weighted by Crippen LogP contribution is 2.21. The molecule has 0 bridgehead atoms. The van der Waals surface area contributed by atoms with Crippen molar-refractivity contribution < 1.29 is 13.2 Å². The van der Waals surface area contributed by atoms with Crippen LogP contribution in [0.15, 0.2) is 42.5 Å². The molecule has 2 aromatic carbocycles. The number of carbonyl (C=O) groups is 1. The number of sulfonamides is 1. The van der Waals surface area contributed by atoms with E-state index < -0.39 is 10.0 Å². The van der Waals surface area contributed by atoms with E-state index in [-0.39, 0.29) is 12.3 Å². The number of hydrogen-bond acceptors (Lipinski definition) is 3. The van der Waals surface area contributed by atoms with E-state index in [0.29, 0.717) is 11.4 Å². The van der Waals surface area contributed by atoms with E-state index in [9.17, 15) is 13.2 Å². The van der Waals surface area contributed by atoms with Gasteiger partial charge in [-0.05, 0) is 37.1 Å². The van der Waals surface area contributed by atoms with Gasteiger partial charge in [0.25, 0.3) is 0 Å². The van der Waals surface area contributed by atoms with Crippen molar-refractivity contribution >= 4 is 27.3 Å². The van der Waals surface area contributed by atoms with Gasteiger partial charge in [0.2, 0.25) is 15.9 Å². The van der Waals surface area contributed by atoms with Crippen LogP contribution in [0.4, 0.5) is 11.4 Å². The lowest BCUT2D eigenvalue weighted by Gasteiger charge is -2.11. The first-order valence-electron chi connectivity index (χ1n) is 7.17. The number of rotatable bonds is 5. The van der Waals surface area contributed by atoms with Crippen molar-refractivity contribution in [3.05, 3.63) is 59.2 Å². The van der Waals surface area contributed by atoms with Gasteiger partial charge in [-0.25, -0.2) is 8.42 Å². The van der Waals surface area contributed by atoms with Gasteiger partial charge in [0, 0.05) is 5.69 Å². The second-order valence-corrected chi connectivity index (χ2v) is 7.37. The number of benzene rings is 2. The molecule has 1 amide bonds. The van der Waals surface area contributed by atoms with Crippen LogP contribution in [-0.2, 0) is 21.2 Å². The normalized spacial score (nSPS) is 11.1. The first kappa shape index (κ1) is 17.0. The topological polar surface area (TPSA) is 75.3 Å². The highest BCUT2D eigenvalue weighted by atomic mass is 32.2. The monoisotopic (exact) mass is 332 g/mol. The van der Waals surface area contributed by atoms with Gasteiger partial charge in [-0.3, -0.25) is 9.52 Å². The molecule has 0 aliphatic carbocycles. The third-order valence-corrected chi connectivity index (χ3v) is 3.85. The molecule has 0 saturated heterocycles. The molecule has 0 aliphatic rings. The molecule has 23 heavy (non-hydrogen) atoms. The summed E-state index contributed by atoms with van der Waals surface area (Å²) in [4.78, 5) is 12.1. The lowest BCUT2D eigenvalue weighted by molar-refractivity contribution is -0.115. The molecule has 5 nitrogen and oxygen atoms in total. The first-order chi connectivity index (χ1) is 10.7. The highest BCUT2D eigenvalue weighted by molar-refractivity contribution is 7.92. The summed E-state index contributed by atoms with van der Waals surface area (Å²) in [5, 5.41) is 2.79. The van der Waals surface area contributed by atoms with E-state index in [0.717, 1.165) is 22.9 Å². The van der Waals surface area contributed by atoms with E-state index in [1.807, 2.05) is 31.2 Å². The van der Waals surface area contributed by atoms with Crippen LogP contribution in [0, 0.1) is 13.8 Å². The van der Waals surface area contributed by atoms with Crippen molar-refractivity contribution in [1.29, 1.82) is 0 Å². The minimum atomic E-state index is -3.36. The molecule has 0 aromatic heterocycles. The molecule has 2 rings (SSSR count). The van der Waals surface area contributed by atoms with Crippen LogP contribution < -0.4 is 10.0 Å².